The van der Waals surface area contributed by atoms with E-state index in [4.69, 9.17) is 4.74 Å². The molecule has 3 atom stereocenters. The van der Waals surface area contributed by atoms with Gasteiger partial charge in [0, 0.05) is 18.7 Å². The van der Waals surface area contributed by atoms with Crippen LogP contribution in [0.3, 0.4) is 0 Å². The minimum atomic E-state index is -0.600. The number of fused-ring (bicyclic) bond motifs is 1. The molecule has 0 bridgehead atoms. The smallest absolute Gasteiger partial charge is 0.108 e. The molecule has 1 aliphatic carbocycles. The van der Waals surface area contributed by atoms with E-state index in [0.29, 0.717) is 5.92 Å². The molecule has 1 saturated carbocycles. The summed E-state index contributed by atoms with van der Waals surface area (Å²) in [6.45, 7) is 2.24. The van der Waals surface area contributed by atoms with Crippen LogP contribution in [0.5, 0.6) is 0 Å². The van der Waals surface area contributed by atoms with Gasteiger partial charge in [0.15, 0.2) is 0 Å². The number of hydrogen-bond donors (Lipinski definition) is 1. The molecule has 1 aromatic carbocycles. The molecule has 0 aliphatic heterocycles. The fourth-order valence-electron chi connectivity index (χ4n) is 3.65. The monoisotopic (exact) mass is 285 g/mol. The number of aliphatic hydroxyl groups excluding tert-OH is 1. The molecule has 3 unspecified atom stereocenters. The van der Waals surface area contributed by atoms with E-state index in [1.165, 1.54) is 6.42 Å². The van der Waals surface area contributed by atoms with Gasteiger partial charge in [-0.3, -0.25) is 4.98 Å². The third kappa shape index (κ3) is 2.68. The maximum Gasteiger partial charge on any atom is 0.108 e. The summed E-state index contributed by atoms with van der Waals surface area (Å²) in [5.74, 6) is 0.590. The Hall–Kier alpha value is -1.45. The number of aromatic nitrogens is 1. The van der Waals surface area contributed by atoms with Crippen LogP contribution in [0, 0.1) is 5.92 Å². The summed E-state index contributed by atoms with van der Waals surface area (Å²) in [5, 5.41) is 12.0. The zero-order valence-corrected chi connectivity index (χ0v) is 12.7. The fourth-order valence-corrected chi connectivity index (χ4v) is 3.65. The van der Waals surface area contributed by atoms with Gasteiger partial charge >= 0.3 is 0 Å². The first kappa shape index (κ1) is 14.5. The van der Waals surface area contributed by atoms with E-state index in [1.54, 1.807) is 13.3 Å². The Labute approximate surface area is 126 Å². The van der Waals surface area contributed by atoms with Crippen molar-refractivity contribution in [3.05, 3.63) is 42.1 Å². The Morgan fingerprint density at radius 1 is 1.38 bits per heavy atom. The van der Waals surface area contributed by atoms with E-state index in [1.807, 2.05) is 30.3 Å². The highest BCUT2D eigenvalue weighted by Gasteiger charge is 2.42. The van der Waals surface area contributed by atoms with E-state index < -0.39 is 11.7 Å². The van der Waals surface area contributed by atoms with Gasteiger partial charge in [0.05, 0.1) is 11.1 Å². The van der Waals surface area contributed by atoms with Crippen molar-refractivity contribution >= 4 is 10.9 Å². The fraction of sp³-hybridized carbons (Fsp3) is 0.500. The highest BCUT2D eigenvalue weighted by atomic mass is 16.5. The molecular weight excluding hydrogens is 262 g/mol. The lowest BCUT2D eigenvalue weighted by Gasteiger charge is -2.42. The largest absolute Gasteiger partial charge is 0.385 e. The van der Waals surface area contributed by atoms with Crippen LogP contribution in [0.2, 0.25) is 0 Å². The number of benzene rings is 1. The number of rotatable bonds is 3. The van der Waals surface area contributed by atoms with Crippen LogP contribution in [-0.2, 0) is 4.74 Å². The Bertz CT molecular complexity index is 627. The summed E-state index contributed by atoms with van der Waals surface area (Å²) in [6.07, 6.45) is 5.33. The Morgan fingerprint density at radius 2 is 2.24 bits per heavy atom. The molecule has 1 N–H and O–H groups in total. The molecule has 1 heterocycles. The van der Waals surface area contributed by atoms with E-state index in [-0.39, 0.29) is 0 Å². The number of hydrogen-bond acceptors (Lipinski definition) is 3. The number of pyridine rings is 1. The molecule has 0 spiro atoms. The first-order valence-electron chi connectivity index (χ1n) is 7.72. The predicted molar refractivity (Wildman–Crippen MR) is 84.1 cm³/mol. The van der Waals surface area contributed by atoms with Crippen LogP contribution in [0.15, 0.2) is 36.5 Å². The highest BCUT2D eigenvalue weighted by Crippen LogP contribution is 2.43. The standard InChI is InChI=1S/C18H23NO2/c1-13-5-3-9-18(12-13,21-2)17(20)15-8-7-14-6-4-10-19-16(14)11-15/h4,6-8,10-11,13,17,20H,3,5,9,12H2,1-2H3. The molecule has 112 valence electrons. The van der Waals surface area contributed by atoms with Crippen molar-refractivity contribution in [2.24, 2.45) is 5.92 Å². The number of nitrogens with zero attached hydrogens (tertiary/aromatic N) is 1. The molecule has 3 rings (SSSR count). The van der Waals surface area contributed by atoms with E-state index in [9.17, 15) is 5.11 Å². The lowest BCUT2D eigenvalue weighted by Crippen LogP contribution is -2.42. The minimum absolute atomic E-state index is 0.458. The molecule has 1 aliphatic rings. The van der Waals surface area contributed by atoms with Gasteiger partial charge in [-0.1, -0.05) is 38.0 Å². The second-order valence-electron chi connectivity index (χ2n) is 6.33. The van der Waals surface area contributed by atoms with E-state index >= 15 is 0 Å². The van der Waals surface area contributed by atoms with Crippen molar-refractivity contribution in [1.29, 1.82) is 0 Å². The van der Waals surface area contributed by atoms with Crippen LogP contribution < -0.4 is 0 Å². The molecule has 0 radical (unpaired) electrons. The van der Waals surface area contributed by atoms with Gasteiger partial charge in [-0.2, -0.15) is 0 Å². The number of ether oxygens (including phenoxy) is 1. The molecule has 3 heteroatoms. The van der Waals surface area contributed by atoms with Crippen LogP contribution in [0.25, 0.3) is 10.9 Å². The maximum atomic E-state index is 10.9. The van der Waals surface area contributed by atoms with Crippen molar-refractivity contribution in [3.8, 4) is 0 Å². The molecule has 1 aromatic heterocycles. The van der Waals surface area contributed by atoms with Gasteiger partial charge in [-0.05, 0) is 36.5 Å². The Balaban J connectivity index is 1.96. The SMILES string of the molecule is COC1(C(O)c2ccc3cccnc3c2)CCCC(C)C1. The van der Waals surface area contributed by atoms with Gasteiger partial charge in [0.25, 0.3) is 0 Å². The summed E-state index contributed by atoms with van der Waals surface area (Å²) in [7, 11) is 1.72. The van der Waals surface area contributed by atoms with Crippen LogP contribution in [-0.4, -0.2) is 22.8 Å². The van der Waals surface area contributed by atoms with Gasteiger partial charge in [0.2, 0.25) is 0 Å². The molecule has 21 heavy (non-hydrogen) atoms. The minimum Gasteiger partial charge on any atom is -0.385 e. The molecule has 0 amide bonds. The summed E-state index contributed by atoms with van der Waals surface area (Å²) in [4.78, 5) is 4.38. The average molecular weight is 285 g/mol. The second-order valence-corrected chi connectivity index (χ2v) is 6.33. The van der Waals surface area contributed by atoms with Crippen LogP contribution >= 0.6 is 0 Å². The van der Waals surface area contributed by atoms with Crippen LogP contribution in [0.1, 0.15) is 44.3 Å². The molecule has 3 nitrogen and oxygen atoms in total. The van der Waals surface area contributed by atoms with E-state index in [0.717, 1.165) is 35.7 Å². The first-order valence-corrected chi connectivity index (χ1v) is 7.72. The predicted octanol–water partition coefficient (Wildman–Crippen LogP) is 3.86. The van der Waals surface area contributed by atoms with Crippen molar-refractivity contribution in [1.82, 2.24) is 4.98 Å². The van der Waals surface area contributed by atoms with Crippen molar-refractivity contribution in [2.75, 3.05) is 7.11 Å². The van der Waals surface area contributed by atoms with Gasteiger partial charge in [0.1, 0.15) is 6.10 Å². The molecule has 0 saturated heterocycles. The molecule has 2 aromatic rings. The van der Waals surface area contributed by atoms with Gasteiger partial charge in [-0.25, -0.2) is 0 Å². The van der Waals surface area contributed by atoms with Crippen molar-refractivity contribution in [3.63, 3.8) is 0 Å². The summed E-state index contributed by atoms with van der Waals surface area (Å²) in [6, 6.07) is 9.97. The Morgan fingerprint density at radius 3 is 3.00 bits per heavy atom. The van der Waals surface area contributed by atoms with Gasteiger partial charge in [-0.15, -0.1) is 0 Å². The quantitative estimate of drug-likeness (QED) is 0.931. The van der Waals surface area contributed by atoms with Crippen molar-refractivity contribution < 1.29 is 9.84 Å². The van der Waals surface area contributed by atoms with E-state index in [2.05, 4.69) is 11.9 Å². The Kier molecular flexibility index (Phi) is 3.96. The first-order chi connectivity index (χ1) is 10.1. The summed E-state index contributed by atoms with van der Waals surface area (Å²) in [5.41, 5.74) is 1.36. The molecular formula is C18H23NO2. The highest BCUT2D eigenvalue weighted by molar-refractivity contribution is 5.79. The zero-order chi connectivity index (χ0) is 14.9. The van der Waals surface area contributed by atoms with Crippen LogP contribution in [0.4, 0.5) is 0 Å². The van der Waals surface area contributed by atoms with Crippen molar-refractivity contribution in [2.45, 2.75) is 44.3 Å². The maximum absolute atomic E-state index is 10.9. The number of methoxy groups -OCH3 is 1. The second kappa shape index (κ2) is 5.74. The summed E-state index contributed by atoms with van der Waals surface area (Å²) >= 11 is 0. The summed E-state index contributed by atoms with van der Waals surface area (Å²) < 4.78 is 5.81. The zero-order valence-electron chi connectivity index (χ0n) is 12.7. The van der Waals surface area contributed by atoms with Gasteiger partial charge < -0.3 is 9.84 Å². The average Bonchev–Trinajstić information content (AvgIpc) is 2.53. The lowest BCUT2D eigenvalue weighted by molar-refractivity contribution is -0.134. The third-order valence-electron chi connectivity index (χ3n) is 4.84. The topological polar surface area (TPSA) is 42.4 Å². The lowest BCUT2D eigenvalue weighted by atomic mass is 9.74. The normalized spacial score (nSPS) is 27.7. The third-order valence-corrected chi connectivity index (χ3v) is 4.84. The molecule has 1 fully saturated rings. The number of aliphatic hydroxyl groups is 1.